The summed E-state index contributed by atoms with van der Waals surface area (Å²) in [6.45, 7) is 0.494. The molecule has 0 aliphatic carbocycles. The smallest absolute Gasteiger partial charge is 0.226 e. The van der Waals surface area contributed by atoms with Gasteiger partial charge >= 0.3 is 0 Å². The third-order valence-electron chi connectivity index (χ3n) is 4.72. The Morgan fingerprint density at radius 3 is 2.66 bits per heavy atom. The third kappa shape index (κ3) is 4.58. The zero-order valence-corrected chi connectivity index (χ0v) is 17.8. The molecule has 5 nitrogen and oxygen atoms in total. The van der Waals surface area contributed by atoms with Gasteiger partial charge in [-0.2, -0.15) is 0 Å². The van der Waals surface area contributed by atoms with Gasteiger partial charge in [-0.15, -0.1) is 11.3 Å². The fourth-order valence-corrected chi connectivity index (χ4v) is 4.95. The zero-order chi connectivity index (χ0) is 20.2. The summed E-state index contributed by atoms with van der Waals surface area (Å²) in [5.74, 6) is -0.0525. The summed E-state index contributed by atoms with van der Waals surface area (Å²) in [6.07, 6.45) is 2.09. The number of pyridine rings is 1. The number of para-hydroxylation sites is 1. The van der Waals surface area contributed by atoms with Crippen molar-refractivity contribution in [3.05, 3.63) is 81.8 Å². The number of thiophene rings is 1. The van der Waals surface area contributed by atoms with Crippen molar-refractivity contribution in [2.75, 3.05) is 11.9 Å². The number of hydrogen-bond donors (Lipinski definition) is 2. The highest BCUT2D eigenvalue weighted by molar-refractivity contribution is 7.80. The number of nitrogens with one attached hydrogen (secondary N) is 2. The number of anilines is 1. The van der Waals surface area contributed by atoms with Gasteiger partial charge in [0.1, 0.15) is 0 Å². The van der Waals surface area contributed by atoms with E-state index in [4.69, 9.17) is 23.8 Å². The molecule has 3 aromatic rings. The van der Waals surface area contributed by atoms with Gasteiger partial charge in [0.2, 0.25) is 5.91 Å². The van der Waals surface area contributed by atoms with Gasteiger partial charge in [0.25, 0.3) is 0 Å². The molecule has 4 rings (SSSR count). The molecule has 2 atom stereocenters. The van der Waals surface area contributed by atoms with Gasteiger partial charge in [-0.1, -0.05) is 35.9 Å². The third-order valence-corrected chi connectivity index (χ3v) is 6.37. The highest BCUT2D eigenvalue weighted by Gasteiger charge is 2.40. The first-order valence-electron chi connectivity index (χ1n) is 9.20. The maximum Gasteiger partial charge on any atom is 0.226 e. The van der Waals surface area contributed by atoms with Crippen molar-refractivity contribution in [2.45, 2.75) is 18.5 Å². The summed E-state index contributed by atoms with van der Waals surface area (Å²) < 4.78 is 0.722. The summed E-state index contributed by atoms with van der Waals surface area (Å²) >= 11 is 13.3. The minimum absolute atomic E-state index is 0.0525. The molecule has 0 saturated carbocycles. The van der Waals surface area contributed by atoms with Crippen LogP contribution in [0.5, 0.6) is 0 Å². The van der Waals surface area contributed by atoms with Gasteiger partial charge in [0.05, 0.1) is 22.1 Å². The van der Waals surface area contributed by atoms with E-state index in [1.807, 2.05) is 60.7 Å². The Labute approximate surface area is 183 Å². The molecule has 2 N–H and O–H groups in total. The van der Waals surface area contributed by atoms with Crippen LogP contribution < -0.4 is 10.6 Å². The highest BCUT2D eigenvalue weighted by Crippen LogP contribution is 2.42. The van der Waals surface area contributed by atoms with Crippen molar-refractivity contribution in [3.8, 4) is 0 Å². The second-order valence-corrected chi connectivity index (χ2v) is 8.76. The zero-order valence-electron chi connectivity index (χ0n) is 15.4. The van der Waals surface area contributed by atoms with Crippen molar-refractivity contribution in [1.29, 1.82) is 0 Å². The van der Waals surface area contributed by atoms with E-state index in [1.165, 1.54) is 11.3 Å². The lowest BCUT2D eigenvalue weighted by atomic mass is 10.0. The number of thiocarbonyl (C=S) groups is 1. The number of carbonyl (C=O) groups is 1. The van der Waals surface area contributed by atoms with Crippen LogP contribution >= 0.6 is 35.2 Å². The lowest BCUT2D eigenvalue weighted by Crippen LogP contribution is -2.32. The molecule has 2 aromatic heterocycles. The van der Waals surface area contributed by atoms with Crippen molar-refractivity contribution >= 4 is 51.9 Å². The van der Waals surface area contributed by atoms with Crippen molar-refractivity contribution in [3.63, 3.8) is 0 Å². The van der Waals surface area contributed by atoms with E-state index < -0.39 is 0 Å². The first-order valence-corrected chi connectivity index (χ1v) is 10.8. The SMILES string of the molecule is O=C(CCN1C(=S)NC(c2ccccn2)C1c1ccc(Cl)s1)Nc1ccccc1. The van der Waals surface area contributed by atoms with E-state index in [0.29, 0.717) is 18.1 Å². The summed E-state index contributed by atoms with van der Waals surface area (Å²) in [7, 11) is 0. The van der Waals surface area contributed by atoms with Gasteiger partial charge < -0.3 is 15.5 Å². The molecule has 8 heteroatoms. The fourth-order valence-electron chi connectivity index (χ4n) is 3.41. The molecule has 1 saturated heterocycles. The maximum atomic E-state index is 12.4. The minimum atomic E-state index is -0.101. The first kappa shape index (κ1) is 19.8. The summed E-state index contributed by atoms with van der Waals surface area (Å²) in [4.78, 5) is 20.1. The quantitative estimate of drug-likeness (QED) is 0.537. The number of rotatable bonds is 6. The van der Waals surface area contributed by atoms with Gasteiger partial charge in [-0.3, -0.25) is 9.78 Å². The van der Waals surface area contributed by atoms with Gasteiger partial charge in [0, 0.05) is 29.7 Å². The number of amides is 1. The second kappa shape index (κ2) is 8.90. The Hall–Kier alpha value is -2.48. The molecule has 0 radical (unpaired) electrons. The first-order chi connectivity index (χ1) is 14.1. The molecule has 3 heterocycles. The molecule has 148 valence electrons. The molecular weight excluding hydrogens is 424 g/mol. The molecule has 29 heavy (non-hydrogen) atoms. The number of halogens is 1. The Morgan fingerprint density at radius 2 is 1.97 bits per heavy atom. The molecule has 1 aliphatic heterocycles. The van der Waals surface area contributed by atoms with E-state index in [-0.39, 0.29) is 18.0 Å². The van der Waals surface area contributed by atoms with E-state index in [9.17, 15) is 4.79 Å². The molecule has 1 amide bonds. The van der Waals surface area contributed by atoms with Crippen LogP contribution in [0.1, 0.15) is 29.1 Å². The molecule has 0 spiro atoms. The predicted molar refractivity (Wildman–Crippen MR) is 121 cm³/mol. The average Bonchev–Trinajstić information content (AvgIpc) is 3.30. The van der Waals surface area contributed by atoms with Gasteiger partial charge in [-0.25, -0.2) is 0 Å². The summed E-state index contributed by atoms with van der Waals surface area (Å²) in [5.41, 5.74) is 1.69. The summed E-state index contributed by atoms with van der Waals surface area (Å²) in [6, 6.07) is 19.0. The van der Waals surface area contributed by atoms with Crippen molar-refractivity contribution < 1.29 is 4.79 Å². The standard InChI is InChI=1S/C21H19ClN4OS2/c22-17-10-9-16(29-17)20-19(15-8-4-5-12-23-15)25-21(28)26(20)13-11-18(27)24-14-6-2-1-3-7-14/h1-10,12,19-20H,11,13H2,(H,24,27)(H,25,28). The average molecular weight is 443 g/mol. The van der Waals surface area contributed by atoms with Crippen LogP contribution in [0.2, 0.25) is 4.34 Å². The van der Waals surface area contributed by atoms with E-state index in [1.54, 1.807) is 6.20 Å². The molecule has 1 aliphatic rings. The minimum Gasteiger partial charge on any atom is -0.352 e. The van der Waals surface area contributed by atoms with Crippen LogP contribution in [0.15, 0.2) is 66.9 Å². The molecular formula is C21H19ClN4OS2. The largest absolute Gasteiger partial charge is 0.352 e. The fraction of sp³-hybridized carbons (Fsp3) is 0.190. The monoisotopic (exact) mass is 442 g/mol. The maximum absolute atomic E-state index is 12.4. The Balaban J connectivity index is 1.52. The van der Waals surface area contributed by atoms with Crippen LogP contribution in [0, 0.1) is 0 Å². The van der Waals surface area contributed by atoms with Crippen LogP contribution in [-0.2, 0) is 4.79 Å². The van der Waals surface area contributed by atoms with Gasteiger partial charge in [-0.05, 0) is 48.6 Å². The number of hydrogen-bond acceptors (Lipinski definition) is 4. The Kier molecular flexibility index (Phi) is 6.08. The second-order valence-electron chi connectivity index (χ2n) is 6.63. The molecule has 1 aromatic carbocycles. The van der Waals surface area contributed by atoms with E-state index in [0.717, 1.165) is 20.6 Å². The van der Waals surface area contributed by atoms with Crippen LogP contribution in [0.3, 0.4) is 0 Å². The Morgan fingerprint density at radius 1 is 1.17 bits per heavy atom. The number of benzene rings is 1. The lowest BCUT2D eigenvalue weighted by Gasteiger charge is -2.26. The molecule has 2 unspecified atom stereocenters. The van der Waals surface area contributed by atoms with Crippen LogP contribution in [0.25, 0.3) is 0 Å². The molecule has 0 bridgehead atoms. The lowest BCUT2D eigenvalue weighted by molar-refractivity contribution is -0.116. The van der Waals surface area contributed by atoms with E-state index in [2.05, 4.69) is 20.5 Å². The van der Waals surface area contributed by atoms with Crippen molar-refractivity contribution in [1.82, 2.24) is 15.2 Å². The topological polar surface area (TPSA) is 57.3 Å². The molecule has 1 fully saturated rings. The summed E-state index contributed by atoms with van der Waals surface area (Å²) in [5, 5.41) is 6.91. The van der Waals surface area contributed by atoms with Crippen LogP contribution in [0.4, 0.5) is 5.69 Å². The number of nitrogens with zero attached hydrogens (tertiary/aromatic N) is 2. The highest BCUT2D eigenvalue weighted by atomic mass is 35.5. The number of carbonyl (C=O) groups excluding carboxylic acids is 1. The van der Waals surface area contributed by atoms with E-state index >= 15 is 0 Å². The number of aromatic nitrogens is 1. The Bertz CT molecular complexity index is 996. The predicted octanol–water partition coefficient (Wildman–Crippen LogP) is 4.80. The normalized spacial score (nSPS) is 18.5. The van der Waals surface area contributed by atoms with Crippen LogP contribution in [-0.4, -0.2) is 27.4 Å². The van der Waals surface area contributed by atoms with Crippen molar-refractivity contribution in [2.24, 2.45) is 0 Å². The van der Waals surface area contributed by atoms with Gasteiger partial charge in [0.15, 0.2) is 5.11 Å².